The Hall–Kier alpha value is -0.630. The fourth-order valence-electron chi connectivity index (χ4n) is 3.66. The van der Waals surface area contributed by atoms with Crippen molar-refractivity contribution in [3.63, 3.8) is 0 Å². The maximum Gasteiger partial charge on any atom is 0.161 e. The Labute approximate surface area is 150 Å². The van der Waals surface area contributed by atoms with Gasteiger partial charge < -0.3 is 5.11 Å². The molecule has 1 aliphatic carbocycles. The van der Waals surface area contributed by atoms with E-state index in [0.29, 0.717) is 24.7 Å². The highest BCUT2D eigenvalue weighted by Crippen LogP contribution is 2.20. The molecule has 140 valence electrons. The Morgan fingerprint density at radius 3 is 1.88 bits per heavy atom. The molecule has 0 heterocycles. The number of hydrogen-bond acceptors (Lipinski definition) is 2. The van der Waals surface area contributed by atoms with Crippen molar-refractivity contribution in [1.82, 2.24) is 0 Å². The standard InChI is InChI=1S/C22H40O2/c1-19-15-13-11-9-7-5-3-4-6-8-10-12-14-16-20(2)18-22(24)21(23)17-19/h3-4,19-21,23H,5-18H2,1-2H3/b4-3+. The van der Waals surface area contributed by atoms with Crippen molar-refractivity contribution in [2.24, 2.45) is 11.8 Å². The molecular formula is C22H40O2. The van der Waals surface area contributed by atoms with Crippen molar-refractivity contribution >= 4 is 5.78 Å². The van der Waals surface area contributed by atoms with Gasteiger partial charge in [0.1, 0.15) is 6.10 Å². The Morgan fingerprint density at radius 1 is 0.792 bits per heavy atom. The molecule has 3 atom stereocenters. The lowest BCUT2D eigenvalue weighted by Crippen LogP contribution is -2.24. The van der Waals surface area contributed by atoms with Crippen LogP contribution in [0, 0.1) is 11.8 Å². The predicted octanol–water partition coefficient (Wildman–Crippen LogP) is 6.22. The minimum atomic E-state index is -0.738. The highest BCUT2D eigenvalue weighted by atomic mass is 16.3. The zero-order chi connectivity index (χ0) is 17.6. The quantitative estimate of drug-likeness (QED) is 0.533. The molecule has 24 heavy (non-hydrogen) atoms. The van der Waals surface area contributed by atoms with Gasteiger partial charge in [0.2, 0.25) is 0 Å². The van der Waals surface area contributed by atoms with Crippen molar-refractivity contribution in [3.05, 3.63) is 12.2 Å². The van der Waals surface area contributed by atoms with Gasteiger partial charge in [-0.2, -0.15) is 0 Å². The second-order valence-electron chi connectivity index (χ2n) is 8.09. The van der Waals surface area contributed by atoms with Gasteiger partial charge in [0, 0.05) is 6.42 Å². The molecule has 2 heteroatoms. The SMILES string of the molecule is CC1CCCCCC/C=C/CCCCCCC(C)CC(O)C(=O)C1. The van der Waals surface area contributed by atoms with Crippen LogP contribution in [0.2, 0.25) is 0 Å². The number of carbonyl (C=O) groups excluding carboxylic acids is 1. The van der Waals surface area contributed by atoms with E-state index < -0.39 is 6.10 Å². The molecule has 0 aromatic rings. The number of allylic oxidation sites excluding steroid dienone is 2. The molecule has 0 radical (unpaired) electrons. The number of rotatable bonds is 0. The van der Waals surface area contributed by atoms with Gasteiger partial charge >= 0.3 is 0 Å². The first-order valence-corrected chi connectivity index (χ1v) is 10.5. The molecule has 0 spiro atoms. The van der Waals surface area contributed by atoms with Crippen LogP contribution >= 0.6 is 0 Å². The lowest BCUT2D eigenvalue weighted by Gasteiger charge is -2.17. The van der Waals surface area contributed by atoms with Gasteiger partial charge in [-0.1, -0.05) is 77.4 Å². The minimum Gasteiger partial charge on any atom is -0.385 e. The topological polar surface area (TPSA) is 37.3 Å². The Balaban J connectivity index is 2.40. The summed E-state index contributed by atoms with van der Waals surface area (Å²) in [4.78, 5) is 12.2. The van der Waals surface area contributed by atoms with Crippen LogP contribution in [0.15, 0.2) is 12.2 Å². The zero-order valence-corrected chi connectivity index (χ0v) is 16.1. The normalized spacial score (nSPS) is 32.1. The fourth-order valence-corrected chi connectivity index (χ4v) is 3.66. The number of Topliss-reactive ketones (excluding diaryl/α,β-unsaturated/α-hetero) is 1. The van der Waals surface area contributed by atoms with Crippen molar-refractivity contribution < 1.29 is 9.90 Å². The molecule has 3 unspecified atom stereocenters. The molecule has 0 fully saturated rings. The first-order chi connectivity index (χ1) is 11.6. The summed E-state index contributed by atoms with van der Waals surface area (Å²) in [6.45, 7) is 4.33. The van der Waals surface area contributed by atoms with E-state index in [1.807, 2.05) is 0 Å². The van der Waals surface area contributed by atoms with Crippen LogP contribution in [-0.2, 0) is 4.79 Å². The fraction of sp³-hybridized carbons (Fsp3) is 0.864. The second kappa shape index (κ2) is 13.6. The van der Waals surface area contributed by atoms with Crippen molar-refractivity contribution in [1.29, 1.82) is 0 Å². The van der Waals surface area contributed by atoms with Gasteiger partial charge in [0.15, 0.2) is 5.78 Å². The molecule has 0 aromatic carbocycles. The first-order valence-electron chi connectivity index (χ1n) is 10.5. The highest BCUT2D eigenvalue weighted by molar-refractivity contribution is 5.82. The summed E-state index contributed by atoms with van der Waals surface area (Å²) in [6.07, 6.45) is 20.1. The number of ketones is 1. The molecule has 2 nitrogen and oxygen atoms in total. The van der Waals surface area contributed by atoms with Gasteiger partial charge in [-0.25, -0.2) is 0 Å². The number of hydrogen-bond donors (Lipinski definition) is 1. The Kier molecular flexibility index (Phi) is 12.2. The zero-order valence-electron chi connectivity index (χ0n) is 16.1. The summed E-state index contributed by atoms with van der Waals surface area (Å²) < 4.78 is 0. The van der Waals surface area contributed by atoms with E-state index in [2.05, 4.69) is 26.0 Å². The molecule has 0 aromatic heterocycles. The summed E-state index contributed by atoms with van der Waals surface area (Å²) in [5.74, 6) is 0.923. The van der Waals surface area contributed by atoms with Crippen LogP contribution in [0.3, 0.4) is 0 Å². The third kappa shape index (κ3) is 11.0. The first kappa shape index (κ1) is 21.4. The van der Waals surface area contributed by atoms with Crippen LogP contribution in [0.1, 0.15) is 104 Å². The van der Waals surface area contributed by atoms with Crippen LogP contribution in [0.25, 0.3) is 0 Å². The highest BCUT2D eigenvalue weighted by Gasteiger charge is 2.20. The van der Waals surface area contributed by atoms with Gasteiger partial charge in [-0.05, 0) is 43.9 Å². The van der Waals surface area contributed by atoms with E-state index in [0.717, 1.165) is 12.8 Å². The third-order valence-electron chi connectivity index (χ3n) is 5.35. The monoisotopic (exact) mass is 336 g/mol. The van der Waals surface area contributed by atoms with Crippen LogP contribution in [0.4, 0.5) is 0 Å². The van der Waals surface area contributed by atoms with E-state index >= 15 is 0 Å². The molecule has 0 amide bonds. The number of carbonyl (C=O) groups is 1. The molecule has 0 bridgehead atoms. The molecule has 0 aliphatic heterocycles. The molecule has 0 saturated heterocycles. The van der Waals surface area contributed by atoms with Crippen LogP contribution in [-0.4, -0.2) is 17.0 Å². The van der Waals surface area contributed by atoms with Crippen LogP contribution in [0.5, 0.6) is 0 Å². The van der Waals surface area contributed by atoms with Gasteiger partial charge in [0.25, 0.3) is 0 Å². The molecule has 1 rings (SSSR count). The van der Waals surface area contributed by atoms with Crippen molar-refractivity contribution in [2.75, 3.05) is 0 Å². The smallest absolute Gasteiger partial charge is 0.161 e. The summed E-state index contributed by atoms with van der Waals surface area (Å²) in [5.41, 5.74) is 0. The summed E-state index contributed by atoms with van der Waals surface area (Å²) in [5, 5.41) is 10.2. The van der Waals surface area contributed by atoms with Gasteiger partial charge in [-0.3, -0.25) is 4.79 Å². The largest absolute Gasteiger partial charge is 0.385 e. The summed E-state index contributed by atoms with van der Waals surface area (Å²) in [7, 11) is 0. The number of aliphatic hydroxyl groups is 1. The van der Waals surface area contributed by atoms with Gasteiger partial charge in [-0.15, -0.1) is 0 Å². The lowest BCUT2D eigenvalue weighted by molar-refractivity contribution is -0.128. The lowest BCUT2D eigenvalue weighted by atomic mass is 9.90. The predicted molar refractivity (Wildman–Crippen MR) is 103 cm³/mol. The third-order valence-corrected chi connectivity index (χ3v) is 5.35. The Morgan fingerprint density at radius 2 is 1.29 bits per heavy atom. The molecule has 1 aliphatic rings. The molecule has 1 N–H and O–H groups in total. The summed E-state index contributed by atoms with van der Waals surface area (Å²) in [6, 6.07) is 0. The van der Waals surface area contributed by atoms with E-state index in [4.69, 9.17) is 0 Å². The van der Waals surface area contributed by atoms with Crippen molar-refractivity contribution in [3.8, 4) is 0 Å². The second-order valence-corrected chi connectivity index (χ2v) is 8.09. The average Bonchev–Trinajstić information content (AvgIpc) is 2.54. The van der Waals surface area contributed by atoms with E-state index in [-0.39, 0.29) is 5.78 Å². The number of aliphatic hydroxyl groups excluding tert-OH is 1. The molecule has 0 saturated carbocycles. The van der Waals surface area contributed by atoms with Crippen LogP contribution < -0.4 is 0 Å². The average molecular weight is 337 g/mol. The minimum absolute atomic E-state index is 0.0638. The van der Waals surface area contributed by atoms with E-state index in [1.165, 1.54) is 64.2 Å². The molecular weight excluding hydrogens is 296 g/mol. The Bertz CT molecular complexity index is 348. The van der Waals surface area contributed by atoms with E-state index in [1.54, 1.807) is 0 Å². The maximum absolute atomic E-state index is 12.2. The maximum atomic E-state index is 12.2. The van der Waals surface area contributed by atoms with Crippen molar-refractivity contribution in [2.45, 2.75) is 110 Å². The van der Waals surface area contributed by atoms with E-state index in [9.17, 15) is 9.90 Å². The summed E-state index contributed by atoms with van der Waals surface area (Å²) >= 11 is 0. The van der Waals surface area contributed by atoms with Gasteiger partial charge in [0.05, 0.1) is 0 Å².